The predicted molar refractivity (Wildman–Crippen MR) is 303 cm³/mol. The summed E-state index contributed by atoms with van der Waals surface area (Å²) in [5, 5.41) is 7.02. The number of hydrogen-bond donors (Lipinski definition) is 0. The molecular weight excluding hydrogens is 1100 g/mol. The molecule has 0 aliphatic carbocycles. The fourth-order valence-electron chi connectivity index (χ4n) is 11.5. The van der Waals surface area contributed by atoms with Crippen molar-refractivity contribution in [3.8, 4) is 39.8 Å². The molecule has 10 aromatic carbocycles. The number of fused-ring (bicyclic) bond motifs is 10. The minimum absolute atomic E-state index is 0. The van der Waals surface area contributed by atoms with Crippen molar-refractivity contribution in [2.45, 2.75) is 6.92 Å². The summed E-state index contributed by atoms with van der Waals surface area (Å²) < 4.78 is 13.8. The molecule has 0 atom stereocenters. The molecule has 0 saturated carbocycles. The maximum Gasteiger partial charge on any atom is 0.135 e. The fraction of sp³-hybridized carbons (Fsp3) is 0.0149. The standard InChI is InChI=1S/C67H43N6O.Pt/c1-44-39-66(73-60-32-14-9-27-53(60)54-38-37-48(41-65(54)73)74-47-22-17-21-46(40-47)70-43-69(45-19-3-2-4-20-45)61-33-15-16-34-62(61)70)68-42-55(44)67-63(71-56-28-10-5-23-49(56)50-24-6-11-29-57(50)71)35-18-36-64(67)72-58-30-12-7-25-51(58)52-26-8-13-31-59(52)72;/h2-39,42-43H,1H3;/q-3;. The number of rotatable bonds is 8. The van der Waals surface area contributed by atoms with Crippen LogP contribution in [0, 0.1) is 25.7 Å². The van der Waals surface area contributed by atoms with Crippen molar-refractivity contribution in [3.05, 3.63) is 261 Å². The number of aryl methyl sites for hydroxylation is 1. The second kappa shape index (κ2) is 17.8. The molecule has 8 heteroatoms. The van der Waals surface area contributed by atoms with Gasteiger partial charge in [-0.3, -0.25) is 0 Å². The van der Waals surface area contributed by atoms with E-state index in [0.717, 1.165) is 101 Å². The molecule has 75 heavy (non-hydrogen) atoms. The van der Waals surface area contributed by atoms with Crippen LogP contribution < -0.4 is 14.5 Å². The number of pyridine rings is 1. The molecule has 360 valence electrons. The Hall–Kier alpha value is -9.16. The van der Waals surface area contributed by atoms with Gasteiger partial charge in [-0.05, 0) is 90.7 Å². The van der Waals surface area contributed by atoms with Gasteiger partial charge in [0.25, 0.3) is 0 Å². The SMILES string of the molecule is Cc1cc(-n2c3[c-]c(Oc4[c-]c(N5[CH-]N(c6ccccc6)c6ccccc65)ccc4)ccc3c3ccccc32)ncc1-c1c(-n2c3ccccc3c3ccccc32)cccc1-n1c2ccccc2c2ccccc21.[Pt]. The molecule has 0 saturated heterocycles. The zero-order valence-electron chi connectivity index (χ0n) is 40.5. The summed E-state index contributed by atoms with van der Waals surface area (Å²) in [5.41, 5.74) is 16.0. The van der Waals surface area contributed by atoms with E-state index < -0.39 is 0 Å². The molecule has 14 aromatic rings. The van der Waals surface area contributed by atoms with Crippen molar-refractivity contribution >= 4 is 88.2 Å². The number of benzene rings is 10. The zero-order valence-corrected chi connectivity index (χ0v) is 42.8. The first-order chi connectivity index (χ1) is 36.6. The third-order valence-electron chi connectivity index (χ3n) is 14.7. The summed E-state index contributed by atoms with van der Waals surface area (Å²) in [6, 6.07) is 88.6. The minimum Gasteiger partial charge on any atom is -0.509 e. The minimum atomic E-state index is 0. The number of ether oxygens (including phenoxy) is 1. The Morgan fingerprint density at radius 1 is 0.413 bits per heavy atom. The van der Waals surface area contributed by atoms with Crippen LogP contribution in [0.25, 0.3) is 93.7 Å². The van der Waals surface area contributed by atoms with Crippen molar-refractivity contribution in [2.24, 2.45) is 0 Å². The van der Waals surface area contributed by atoms with Gasteiger partial charge < -0.3 is 28.2 Å². The van der Waals surface area contributed by atoms with Gasteiger partial charge in [0.1, 0.15) is 5.82 Å². The topological polar surface area (TPSA) is 43.4 Å². The molecule has 7 nitrogen and oxygen atoms in total. The Balaban J connectivity index is 0.00000516. The van der Waals surface area contributed by atoms with Crippen LogP contribution in [-0.4, -0.2) is 18.7 Å². The summed E-state index contributed by atoms with van der Waals surface area (Å²) in [4.78, 5) is 9.79. The maximum atomic E-state index is 6.69. The Labute approximate surface area is 447 Å². The number of hydrogen-bond acceptors (Lipinski definition) is 4. The first-order valence-electron chi connectivity index (χ1n) is 25.0. The molecule has 0 N–H and O–H groups in total. The van der Waals surface area contributed by atoms with E-state index in [2.05, 4.69) is 262 Å². The quantitative estimate of drug-likeness (QED) is 0.142. The van der Waals surface area contributed by atoms with Crippen LogP contribution in [-0.2, 0) is 21.1 Å². The molecule has 1 aliphatic heterocycles. The van der Waals surface area contributed by atoms with Crippen molar-refractivity contribution < 1.29 is 25.8 Å². The number of aromatic nitrogens is 4. The first kappa shape index (κ1) is 44.5. The van der Waals surface area contributed by atoms with E-state index in [1.807, 2.05) is 24.3 Å². The van der Waals surface area contributed by atoms with Gasteiger partial charge in [-0.25, -0.2) is 4.98 Å². The van der Waals surface area contributed by atoms with E-state index in [1.54, 1.807) is 0 Å². The molecule has 0 unspecified atom stereocenters. The van der Waals surface area contributed by atoms with Crippen LogP contribution in [0.15, 0.2) is 237 Å². The van der Waals surface area contributed by atoms with E-state index in [0.29, 0.717) is 11.5 Å². The predicted octanol–water partition coefficient (Wildman–Crippen LogP) is 17.1. The summed E-state index contributed by atoms with van der Waals surface area (Å²) in [6.07, 6.45) is 2.07. The van der Waals surface area contributed by atoms with Crippen molar-refractivity contribution in [2.75, 3.05) is 9.80 Å². The zero-order chi connectivity index (χ0) is 48.9. The molecule has 1 aliphatic rings. The van der Waals surface area contributed by atoms with E-state index in [1.165, 1.54) is 21.5 Å². The average molecular weight is 1140 g/mol. The molecule has 0 spiro atoms. The van der Waals surface area contributed by atoms with E-state index in [9.17, 15) is 0 Å². The van der Waals surface area contributed by atoms with Gasteiger partial charge in [0.15, 0.2) is 0 Å². The van der Waals surface area contributed by atoms with Gasteiger partial charge in [0.2, 0.25) is 0 Å². The van der Waals surface area contributed by atoms with Gasteiger partial charge in [-0.2, -0.15) is 12.1 Å². The molecule has 5 heterocycles. The van der Waals surface area contributed by atoms with Gasteiger partial charge in [-0.15, -0.1) is 48.1 Å². The van der Waals surface area contributed by atoms with Gasteiger partial charge in [0, 0.05) is 94.0 Å². The third-order valence-corrected chi connectivity index (χ3v) is 14.7. The van der Waals surface area contributed by atoms with Crippen LogP contribution in [0.3, 0.4) is 0 Å². The van der Waals surface area contributed by atoms with Crippen LogP contribution in [0.5, 0.6) is 11.5 Å². The van der Waals surface area contributed by atoms with Crippen molar-refractivity contribution in [3.63, 3.8) is 0 Å². The number of nitrogens with zero attached hydrogens (tertiary/aromatic N) is 6. The molecule has 15 rings (SSSR count). The van der Waals surface area contributed by atoms with Crippen LogP contribution >= 0.6 is 0 Å². The fourth-order valence-corrected chi connectivity index (χ4v) is 11.5. The van der Waals surface area contributed by atoms with Crippen molar-refractivity contribution in [1.29, 1.82) is 0 Å². The molecular formula is C67H43N6OPt-3. The van der Waals surface area contributed by atoms with Crippen LogP contribution in [0.1, 0.15) is 5.56 Å². The third kappa shape index (κ3) is 7.03. The summed E-state index contributed by atoms with van der Waals surface area (Å²) in [5.74, 6) is 1.96. The summed E-state index contributed by atoms with van der Waals surface area (Å²) in [7, 11) is 0. The molecule has 0 bridgehead atoms. The summed E-state index contributed by atoms with van der Waals surface area (Å²) in [6.45, 7) is 4.32. The largest absolute Gasteiger partial charge is 0.509 e. The van der Waals surface area contributed by atoms with Gasteiger partial charge in [0.05, 0.1) is 33.4 Å². The average Bonchev–Trinajstić information content (AvgIpc) is 4.21. The Bertz CT molecular complexity index is 4310. The molecule has 0 amide bonds. The Morgan fingerprint density at radius 2 is 0.880 bits per heavy atom. The van der Waals surface area contributed by atoms with Gasteiger partial charge >= 0.3 is 0 Å². The van der Waals surface area contributed by atoms with Crippen LogP contribution in [0.4, 0.5) is 22.7 Å². The van der Waals surface area contributed by atoms with E-state index in [-0.39, 0.29) is 21.1 Å². The second-order valence-corrected chi connectivity index (χ2v) is 18.9. The van der Waals surface area contributed by atoms with E-state index >= 15 is 0 Å². The smallest absolute Gasteiger partial charge is 0.135 e. The second-order valence-electron chi connectivity index (χ2n) is 18.9. The Kier molecular flexibility index (Phi) is 10.6. The Morgan fingerprint density at radius 3 is 1.45 bits per heavy atom. The molecule has 0 radical (unpaired) electrons. The summed E-state index contributed by atoms with van der Waals surface area (Å²) >= 11 is 0. The first-order valence-corrected chi connectivity index (χ1v) is 25.0. The maximum absolute atomic E-state index is 6.69. The number of anilines is 4. The molecule has 0 fully saturated rings. The van der Waals surface area contributed by atoms with E-state index in [4.69, 9.17) is 9.72 Å². The van der Waals surface area contributed by atoms with Gasteiger partial charge in [-0.1, -0.05) is 133 Å². The van der Waals surface area contributed by atoms with Crippen molar-refractivity contribution in [1.82, 2.24) is 18.7 Å². The normalized spacial score (nSPS) is 12.4. The molecule has 4 aromatic heterocycles. The number of para-hydroxylation sites is 8. The monoisotopic (exact) mass is 1140 g/mol. The van der Waals surface area contributed by atoms with Crippen LogP contribution in [0.2, 0.25) is 0 Å².